The normalized spacial score (nSPS) is 18.7. The SMILES string of the molecule is O=C(Nc1ccc(N2CCOCC2)cc1)C1(c2ccc(F)cc2)CC1. The largest absolute Gasteiger partial charge is 0.378 e. The van der Waals surface area contributed by atoms with Gasteiger partial charge in [0.15, 0.2) is 0 Å². The van der Waals surface area contributed by atoms with Crippen LogP contribution in [0.2, 0.25) is 0 Å². The number of morpholine rings is 1. The summed E-state index contributed by atoms with van der Waals surface area (Å²) in [6.45, 7) is 3.27. The quantitative estimate of drug-likeness (QED) is 0.928. The molecular formula is C20H21FN2O2. The molecule has 1 aliphatic carbocycles. The highest BCUT2D eigenvalue weighted by atomic mass is 19.1. The van der Waals surface area contributed by atoms with E-state index in [0.717, 1.165) is 56.1 Å². The first-order valence-corrected chi connectivity index (χ1v) is 8.68. The molecule has 5 heteroatoms. The van der Waals surface area contributed by atoms with Gasteiger partial charge in [0.2, 0.25) is 5.91 Å². The number of amides is 1. The molecule has 0 radical (unpaired) electrons. The highest BCUT2D eigenvalue weighted by Gasteiger charge is 2.51. The average molecular weight is 340 g/mol. The monoisotopic (exact) mass is 340 g/mol. The van der Waals surface area contributed by atoms with Crippen LogP contribution in [0.5, 0.6) is 0 Å². The second-order valence-electron chi connectivity index (χ2n) is 6.69. The summed E-state index contributed by atoms with van der Waals surface area (Å²) in [7, 11) is 0. The minimum Gasteiger partial charge on any atom is -0.378 e. The van der Waals surface area contributed by atoms with Gasteiger partial charge in [0.1, 0.15) is 5.82 Å². The van der Waals surface area contributed by atoms with Gasteiger partial charge in [0.05, 0.1) is 18.6 Å². The number of hydrogen-bond acceptors (Lipinski definition) is 3. The topological polar surface area (TPSA) is 41.6 Å². The summed E-state index contributed by atoms with van der Waals surface area (Å²) in [5.41, 5.74) is 2.31. The van der Waals surface area contributed by atoms with Crippen molar-refractivity contribution in [2.45, 2.75) is 18.3 Å². The number of hydrogen-bond donors (Lipinski definition) is 1. The predicted molar refractivity (Wildman–Crippen MR) is 95.4 cm³/mol. The Kier molecular flexibility index (Phi) is 4.17. The van der Waals surface area contributed by atoms with E-state index in [2.05, 4.69) is 10.2 Å². The lowest BCUT2D eigenvalue weighted by Crippen LogP contribution is -2.36. The number of nitrogens with zero attached hydrogens (tertiary/aromatic N) is 1. The lowest BCUT2D eigenvalue weighted by molar-refractivity contribution is -0.118. The highest BCUT2D eigenvalue weighted by Crippen LogP contribution is 2.49. The van der Waals surface area contributed by atoms with Crippen molar-refractivity contribution in [3.05, 3.63) is 59.9 Å². The number of carbonyl (C=O) groups excluding carboxylic acids is 1. The lowest BCUT2D eigenvalue weighted by atomic mass is 9.95. The zero-order valence-corrected chi connectivity index (χ0v) is 14.0. The number of carbonyl (C=O) groups is 1. The van der Waals surface area contributed by atoms with Crippen molar-refractivity contribution in [2.75, 3.05) is 36.5 Å². The lowest BCUT2D eigenvalue weighted by Gasteiger charge is -2.29. The maximum Gasteiger partial charge on any atom is 0.235 e. The zero-order chi connectivity index (χ0) is 17.3. The molecule has 1 N–H and O–H groups in total. The fourth-order valence-corrected chi connectivity index (χ4v) is 3.37. The molecule has 4 nitrogen and oxygen atoms in total. The average Bonchev–Trinajstić information content (AvgIpc) is 3.46. The predicted octanol–water partition coefficient (Wildman–Crippen LogP) is 3.33. The zero-order valence-electron chi connectivity index (χ0n) is 14.0. The molecule has 130 valence electrons. The minimum atomic E-state index is -0.503. The molecule has 1 amide bonds. The first kappa shape index (κ1) is 16.1. The summed E-state index contributed by atoms with van der Waals surface area (Å²) in [6, 6.07) is 14.2. The molecule has 0 aromatic heterocycles. The molecule has 0 spiro atoms. The molecule has 25 heavy (non-hydrogen) atoms. The van der Waals surface area contributed by atoms with E-state index in [0.29, 0.717) is 0 Å². The molecule has 1 saturated heterocycles. The van der Waals surface area contributed by atoms with Crippen LogP contribution in [0, 0.1) is 5.82 Å². The van der Waals surface area contributed by atoms with Crippen LogP contribution in [0.25, 0.3) is 0 Å². The van der Waals surface area contributed by atoms with E-state index < -0.39 is 5.41 Å². The number of ether oxygens (including phenoxy) is 1. The summed E-state index contributed by atoms with van der Waals surface area (Å²) < 4.78 is 18.5. The molecule has 1 saturated carbocycles. The van der Waals surface area contributed by atoms with Crippen molar-refractivity contribution in [3.63, 3.8) is 0 Å². The Labute approximate surface area is 146 Å². The fourth-order valence-electron chi connectivity index (χ4n) is 3.37. The number of nitrogens with one attached hydrogen (secondary N) is 1. The van der Waals surface area contributed by atoms with E-state index in [4.69, 9.17) is 4.74 Å². The molecule has 0 atom stereocenters. The Morgan fingerprint density at radius 3 is 2.24 bits per heavy atom. The Morgan fingerprint density at radius 1 is 1.00 bits per heavy atom. The van der Waals surface area contributed by atoms with Gasteiger partial charge >= 0.3 is 0 Å². The summed E-state index contributed by atoms with van der Waals surface area (Å²) in [5.74, 6) is -0.295. The number of anilines is 2. The Morgan fingerprint density at radius 2 is 1.64 bits per heavy atom. The van der Waals surface area contributed by atoms with E-state index in [1.54, 1.807) is 12.1 Å². The third-order valence-electron chi connectivity index (χ3n) is 5.08. The summed E-state index contributed by atoms with van der Waals surface area (Å²) in [6.07, 6.45) is 1.60. The van der Waals surface area contributed by atoms with Crippen LogP contribution in [0.1, 0.15) is 18.4 Å². The van der Waals surface area contributed by atoms with Crippen LogP contribution in [-0.2, 0) is 14.9 Å². The second-order valence-corrected chi connectivity index (χ2v) is 6.69. The van der Waals surface area contributed by atoms with Gasteiger partial charge in [-0.05, 0) is 54.8 Å². The highest BCUT2D eigenvalue weighted by molar-refractivity contribution is 6.01. The first-order valence-electron chi connectivity index (χ1n) is 8.68. The van der Waals surface area contributed by atoms with Crippen molar-refractivity contribution in [2.24, 2.45) is 0 Å². The van der Waals surface area contributed by atoms with Gasteiger partial charge in [0, 0.05) is 24.5 Å². The van der Waals surface area contributed by atoms with Gasteiger partial charge in [-0.3, -0.25) is 4.79 Å². The van der Waals surface area contributed by atoms with Crippen LogP contribution in [-0.4, -0.2) is 32.2 Å². The third-order valence-corrected chi connectivity index (χ3v) is 5.08. The van der Waals surface area contributed by atoms with E-state index >= 15 is 0 Å². The molecule has 1 aliphatic heterocycles. The van der Waals surface area contributed by atoms with Crippen molar-refractivity contribution in [1.82, 2.24) is 0 Å². The van der Waals surface area contributed by atoms with E-state index in [1.807, 2.05) is 24.3 Å². The molecule has 2 aromatic rings. The number of rotatable bonds is 4. The Balaban J connectivity index is 1.44. The maximum atomic E-state index is 13.1. The fraction of sp³-hybridized carbons (Fsp3) is 0.350. The van der Waals surface area contributed by atoms with Crippen LogP contribution in [0.3, 0.4) is 0 Å². The Bertz CT molecular complexity index is 748. The summed E-state index contributed by atoms with van der Waals surface area (Å²) >= 11 is 0. The molecule has 0 bridgehead atoms. The van der Waals surface area contributed by atoms with Gasteiger partial charge < -0.3 is 15.0 Å². The van der Waals surface area contributed by atoms with Gasteiger partial charge in [-0.2, -0.15) is 0 Å². The van der Waals surface area contributed by atoms with Crippen LogP contribution < -0.4 is 10.2 Å². The molecule has 2 aromatic carbocycles. The first-order chi connectivity index (χ1) is 12.2. The van der Waals surface area contributed by atoms with E-state index in [9.17, 15) is 9.18 Å². The molecule has 1 heterocycles. The Hall–Kier alpha value is -2.40. The maximum absolute atomic E-state index is 13.1. The van der Waals surface area contributed by atoms with Crippen molar-refractivity contribution >= 4 is 17.3 Å². The van der Waals surface area contributed by atoms with Crippen LogP contribution in [0.4, 0.5) is 15.8 Å². The van der Waals surface area contributed by atoms with Gasteiger partial charge in [0.25, 0.3) is 0 Å². The third kappa shape index (κ3) is 3.24. The van der Waals surface area contributed by atoms with Crippen molar-refractivity contribution in [1.29, 1.82) is 0 Å². The summed E-state index contributed by atoms with van der Waals surface area (Å²) in [4.78, 5) is 15.0. The van der Waals surface area contributed by atoms with E-state index in [-0.39, 0.29) is 11.7 Å². The van der Waals surface area contributed by atoms with Gasteiger partial charge in [-0.25, -0.2) is 4.39 Å². The van der Waals surface area contributed by atoms with Gasteiger partial charge in [-0.15, -0.1) is 0 Å². The standard InChI is InChI=1S/C20H21FN2O2/c21-16-3-1-15(2-4-16)20(9-10-20)19(24)22-17-5-7-18(8-6-17)23-11-13-25-14-12-23/h1-8H,9-14H2,(H,22,24). The molecular weight excluding hydrogens is 319 g/mol. The summed E-state index contributed by atoms with van der Waals surface area (Å²) in [5, 5.41) is 3.01. The van der Waals surface area contributed by atoms with Crippen LogP contribution in [0.15, 0.2) is 48.5 Å². The smallest absolute Gasteiger partial charge is 0.235 e. The molecule has 2 aliphatic rings. The van der Waals surface area contributed by atoms with Crippen LogP contribution >= 0.6 is 0 Å². The van der Waals surface area contributed by atoms with Crippen molar-refractivity contribution in [3.8, 4) is 0 Å². The van der Waals surface area contributed by atoms with E-state index in [1.165, 1.54) is 12.1 Å². The molecule has 4 rings (SSSR count). The number of halogens is 1. The van der Waals surface area contributed by atoms with Gasteiger partial charge in [-0.1, -0.05) is 12.1 Å². The number of benzene rings is 2. The second kappa shape index (κ2) is 6.48. The molecule has 0 unspecified atom stereocenters. The molecule has 2 fully saturated rings. The minimum absolute atomic E-state index is 0.0155. The van der Waals surface area contributed by atoms with Crippen molar-refractivity contribution < 1.29 is 13.9 Å².